The zero-order chi connectivity index (χ0) is 27.3. The first-order valence-electron chi connectivity index (χ1n) is 10.8. The largest absolute Gasteiger partial charge is 0.861 e. The van der Waals surface area contributed by atoms with E-state index in [-0.39, 0.29) is 26.8 Å². The molecule has 3 aromatic carbocycles. The van der Waals surface area contributed by atoms with Gasteiger partial charge in [-0.3, -0.25) is 9.59 Å². The van der Waals surface area contributed by atoms with Gasteiger partial charge in [-0.05, 0) is 92.4 Å². The van der Waals surface area contributed by atoms with E-state index in [4.69, 9.17) is 16.3 Å². The number of hydrogen-bond donors (Lipinski definition) is 1. The number of ether oxygens (including phenoxy) is 1. The van der Waals surface area contributed by atoms with Crippen molar-refractivity contribution in [2.45, 2.75) is 25.7 Å². The van der Waals surface area contributed by atoms with Crippen molar-refractivity contribution >= 4 is 44.9 Å². The van der Waals surface area contributed by atoms with E-state index in [1.807, 2.05) is 6.07 Å². The number of nitrogens with one attached hydrogen (secondary N) is 1. The highest BCUT2D eigenvalue weighted by Crippen LogP contribution is 2.27. The van der Waals surface area contributed by atoms with Crippen molar-refractivity contribution in [1.82, 2.24) is 0 Å². The molecule has 0 heterocycles. The predicted octanol–water partition coefficient (Wildman–Crippen LogP) is 3.54. The zero-order valence-electron chi connectivity index (χ0n) is 20.0. The highest BCUT2D eigenvalue weighted by molar-refractivity contribution is 7.90. The molecule has 0 bridgehead atoms. The van der Waals surface area contributed by atoms with Gasteiger partial charge in [0.2, 0.25) is 0 Å². The fourth-order valence-electron chi connectivity index (χ4n) is 3.43. The van der Waals surface area contributed by atoms with Crippen LogP contribution in [-0.4, -0.2) is 32.6 Å². The van der Waals surface area contributed by atoms with Crippen molar-refractivity contribution in [2.75, 3.05) is 11.9 Å². The Morgan fingerprint density at radius 3 is 2.49 bits per heavy atom. The molecule has 9 nitrogen and oxygen atoms in total. The van der Waals surface area contributed by atoms with Gasteiger partial charge in [0, 0.05) is 16.3 Å². The maximum atomic E-state index is 13.2. The first kappa shape index (κ1) is 27.4. The van der Waals surface area contributed by atoms with Crippen molar-refractivity contribution in [3.63, 3.8) is 0 Å². The number of anilines is 1. The van der Waals surface area contributed by atoms with Crippen LogP contribution in [0.2, 0.25) is 5.02 Å². The third-order valence-electron chi connectivity index (χ3n) is 5.03. The number of amides is 1. The van der Waals surface area contributed by atoms with E-state index in [0.717, 1.165) is 12.5 Å². The Bertz CT molecular complexity index is 1570. The molecule has 0 aliphatic rings. The van der Waals surface area contributed by atoms with Crippen molar-refractivity contribution in [3.05, 3.63) is 87.4 Å². The SMILES string of the molecule is C/C([O-])=N\S(=O)(=O)c1ccc(NC(=O)COc2ccc(Cl)cc2C(=O)c2cc(C)cc(C#N)c2)c(C)c1. The molecule has 37 heavy (non-hydrogen) atoms. The molecule has 1 amide bonds. The van der Waals surface area contributed by atoms with E-state index >= 15 is 0 Å². The molecule has 0 aliphatic carbocycles. The van der Waals surface area contributed by atoms with Crippen molar-refractivity contribution in [2.24, 2.45) is 4.40 Å². The minimum atomic E-state index is -4.14. The monoisotopic (exact) mass is 538 g/mol. The first-order valence-corrected chi connectivity index (χ1v) is 12.6. The van der Waals surface area contributed by atoms with E-state index in [2.05, 4.69) is 9.71 Å². The molecule has 0 radical (unpaired) electrons. The molecule has 0 spiro atoms. The summed E-state index contributed by atoms with van der Waals surface area (Å²) >= 11 is 6.09. The number of nitrogens with zero attached hydrogens (tertiary/aromatic N) is 2. The molecular weight excluding hydrogens is 518 g/mol. The van der Waals surface area contributed by atoms with Gasteiger partial charge in [0.15, 0.2) is 12.4 Å². The maximum Gasteiger partial charge on any atom is 0.281 e. The van der Waals surface area contributed by atoms with Crippen LogP contribution in [0.4, 0.5) is 5.69 Å². The van der Waals surface area contributed by atoms with E-state index in [1.165, 1.54) is 42.5 Å². The number of hydrogen-bond acceptors (Lipinski definition) is 7. The summed E-state index contributed by atoms with van der Waals surface area (Å²) in [7, 11) is -4.14. The number of sulfonamides is 1. The summed E-state index contributed by atoms with van der Waals surface area (Å²) in [5, 5.41) is 23.2. The average Bonchev–Trinajstić information content (AvgIpc) is 2.82. The third kappa shape index (κ3) is 6.94. The standard InChI is InChI=1S/C26H22ClN3O6S/c1-15-8-18(13-28)11-19(9-15)26(33)22-12-20(27)4-7-24(22)36-14-25(32)29-23-6-5-21(10-16(23)2)37(34,35)30-17(3)31/h4-12H,14H2,1-3H3,(H,29,32)(H,30,31)/p-1. The Morgan fingerprint density at radius 1 is 1.11 bits per heavy atom. The zero-order valence-corrected chi connectivity index (χ0v) is 21.6. The van der Waals surface area contributed by atoms with Gasteiger partial charge in [-0.1, -0.05) is 11.6 Å². The number of rotatable bonds is 8. The van der Waals surface area contributed by atoms with Crippen LogP contribution in [0.1, 0.15) is 39.5 Å². The molecule has 3 rings (SSSR count). The van der Waals surface area contributed by atoms with Gasteiger partial charge in [0.25, 0.3) is 15.9 Å². The van der Waals surface area contributed by atoms with Gasteiger partial charge in [-0.25, -0.2) is 0 Å². The molecule has 0 atom stereocenters. The number of carbonyl (C=O) groups excluding carboxylic acids is 2. The Labute approximate surface area is 219 Å². The number of benzene rings is 3. The number of aryl methyl sites for hydroxylation is 2. The highest BCUT2D eigenvalue weighted by Gasteiger charge is 2.18. The summed E-state index contributed by atoms with van der Waals surface area (Å²) in [6, 6.07) is 15.0. The molecule has 1 N–H and O–H groups in total. The lowest BCUT2D eigenvalue weighted by atomic mass is 9.98. The van der Waals surface area contributed by atoms with Crippen LogP contribution in [0.5, 0.6) is 5.75 Å². The van der Waals surface area contributed by atoms with Gasteiger partial charge >= 0.3 is 0 Å². The van der Waals surface area contributed by atoms with Crippen molar-refractivity contribution < 1.29 is 27.9 Å². The number of carbonyl (C=O) groups is 2. The van der Waals surface area contributed by atoms with Gasteiger partial charge in [0.05, 0.1) is 22.1 Å². The normalized spacial score (nSPS) is 11.5. The summed E-state index contributed by atoms with van der Waals surface area (Å²) in [6.07, 6.45) is 0. The molecule has 11 heteroatoms. The average molecular weight is 539 g/mol. The Balaban J connectivity index is 1.77. The van der Waals surface area contributed by atoms with Gasteiger partial charge in [-0.2, -0.15) is 18.1 Å². The summed E-state index contributed by atoms with van der Waals surface area (Å²) in [4.78, 5) is 25.5. The molecule has 0 saturated heterocycles. The second kappa shape index (κ2) is 11.2. The summed E-state index contributed by atoms with van der Waals surface area (Å²) in [5.41, 5.74) is 2.20. The van der Waals surface area contributed by atoms with Crippen LogP contribution >= 0.6 is 11.6 Å². The Kier molecular flexibility index (Phi) is 8.32. The van der Waals surface area contributed by atoms with E-state index in [9.17, 15) is 28.4 Å². The smallest absolute Gasteiger partial charge is 0.281 e. The molecule has 0 fully saturated rings. The first-order chi connectivity index (χ1) is 17.4. The molecule has 0 aromatic heterocycles. The number of halogens is 1. The lowest BCUT2D eigenvalue weighted by Crippen LogP contribution is -2.21. The van der Waals surface area contributed by atoms with Crippen LogP contribution < -0.4 is 15.2 Å². The number of ketones is 1. The van der Waals surface area contributed by atoms with Crippen LogP contribution in [0.3, 0.4) is 0 Å². The van der Waals surface area contributed by atoms with Crippen LogP contribution in [0.25, 0.3) is 0 Å². The predicted molar refractivity (Wildman–Crippen MR) is 136 cm³/mol. The topological polar surface area (TPSA) is 149 Å². The quantitative estimate of drug-likeness (QED) is 0.262. The third-order valence-corrected chi connectivity index (χ3v) is 6.61. The van der Waals surface area contributed by atoms with E-state index < -0.39 is 34.2 Å². The van der Waals surface area contributed by atoms with Gasteiger partial charge in [0.1, 0.15) is 5.75 Å². The van der Waals surface area contributed by atoms with Crippen LogP contribution in [0, 0.1) is 25.2 Å². The fourth-order valence-corrected chi connectivity index (χ4v) is 4.61. The minimum Gasteiger partial charge on any atom is -0.861 e. The molecule has 190 valence electrons. The minimum absolute atomic E-state index is 0.119. The van der Waals surface area contributed by atoms with E-state index in [0.29, 0.717) is 16.8 Å². The van der Waals surface area contributed by atoms with Crippen molar-refractivity contribution in [3.8, 4) is 11.8 Å². The lowest BCUT2D eigenvalue weighted by Gasteiger charge is -2.13. The molecular formula is C26H21ClN3O6S-. The highest BCUT2D eigenvalue weighted by atomic mass is 35.5. The molecule has 0 unspecified atom stereocenters. The Hall–Kier alpha value is -4.20. The molecule has 0 saturated carbocycles. The lowest BCUT2D eigenvalue weighted by molar-refractivity contribution is -0.215. The molecule has 3 aromatic rings. The van der Waals surface area contributed by atoms with E-state index in [1.54, 1.807) is 26.0 Å². The summed E-state index contributed by atoms with van der Waals surface area (Å²) in [6.45, 7) is 3.91. The number of nitriles is 1. The molecule has 0 aliphatic heterocycles. The van der Waals surface area contributed by atoms with Gasteiger partial charge < -0.3 is 15.2 Å². The fraction of sp³-hybridized carbons (Fsp3) is 0.154. The maximum absolute atomic E-state index is 13.2. The van der Waals surface area contributed by atoms with Crippen LogP contribution in [0.15, 0.2) is 63.9 Å². The second-order valence-electron chi connectivity index (χ2n) is 8.07. The van der Waals surface area contributed by atoms with Crippen molar-refractivity contribution in [1.29, 1.82) is 5.26 Å². The summed E-state index contributed by atoms with van der Waals surface area (Å²) in [5.74, 6) is -1.72. The summed E-state index contributed by atoms with van der Waals surface area (Å²) < 4.78 is 32.9. The van der Waals surface area contributed by atoms with Crippen LogP contribution in [-0.2, 0) is 14.8 Å². The Morgan fingerprint density at radius 2 is 1.84 bits per heavy atom. The second-order valence-corrected chi connectivity index (χ2v) is 10.1. The van der Waals surface area contributed by atoms with Gasteiger partial charge in [-0.15, -0.1) is 0 Å².